The quantitative estimate of drug-likeness (QED) is 0.876. The van der Waals surface area contributed by atoms with Crippen molar-refractivity contribution in [2.75, 3.05) is 6.54 Å². The summed E-state index contributed by atoms with van der Waals surface area (Å²) in [6, 6.07) is 0.536. The lowest BCUT2D eigenvalue weighted by atomic mass is 9.79. The van der Waals surface area contributed by atoms with Gasteiger partial charge in [0.05, 0.1) is 6.20 Å². The van der Waals surface area contributed by atoms with E-state index in [2.05, 4.69) is 24.3 Å². The molecule has 1 heterocycles. The Labute approximate surface area is 116 Å². The molecule has 1 aromatic rings. The van der Waals surface area contributed by atoms with Gasteiger partial charge in [0.15, 0.2) is 0 Å². The van der Waals surface area contributed by atoms with E-state index in [9.17, 15) is 5.11 Å². The summed E-state index contributed by atoms with van der Waals surface area (Å²) in [6.07, 6.45) is 7.34. The van der Waals surface area contributed by atoms with Gasteiger partial charge in [-0.05, 0) is 38.0 Å². The van der Waals surface area contributed by atoms with Crippen molar-refractivity contribution in [3.63, 3.8) is 0 Å². The summed E-state index contributed by atoms with van der Waals surface area (Å²) in [7, 11) is 1.87. The summed E-state index contributed by atoms with van der Waals surface area (Å²) in [5.74, 6) is 1.60. The van der Waals surface area contributed by atoms with E-state index < -0.39 is 5.60 Å². The van der Waals surface area contributed by atoms with Crippen LogP contribution in [0, 0.1) is 11.8 Å². The van der Waals surface area contributed by atoms with E-state index in [1.807, 2.05) is 20.2 Å². The Morgan fingerprint density at radius 3 is 2.74 bits per heavy atom. The Morgan fingerprint density at radius 2 is 2.16 bits per heavy atom. The van der Waals surface area contributed by atoms with Gasteiger partial charge in [-0.15, -0.1) is 0 Å². The summed E-state index contributed by atoms with van der Waals surface area (Å²) in [4.78, 5) is 0. The predicted octanol–water partition coefficient (Wildman–Crippen LogP) is 2.04. The highest BCUT2D eigenvalue weighted by atomic mass is 16.3. The van der Waals surface area contributed by atoms with E-state index in [0.717, 1.165) is 17.4 Å². The minimum atomic E-state index is -0.847. The van der Waals surface area contributed by atoms with Gasteiger partial charge in [0.2, 0.25) is 0 Å². The standard InChI is InChI=1S/C15H27N3O/c1-11-5-6-14(7-12(11)2)16-10-15(3,19)13-8-17-18(4)9-13/h8-9,11-12,14,16,19H,5-7,10H2,1-4H3/t11-,12+,14+,15+/m1/s1. The minimum absolute atomic E-state index is 0.536. The van der Waals surface area contributed by atoms with Crippen LogP contribution in [0.25, 0.3) is 0 Å². The lowest BCUT2D eigenvalue weighted by molar-refractivity contribution is 0.0497. The first-order valence-electron chi connectivity index (χ1n) is 7.33. The minimum Gasteiger partial charge on any atom is -0.384 e. The molecule has 1 aromatic heterocycles. The normalized spacial score (nSPS) is 31.1. The van der Waals surface area contributed by atoms with Crippen LogP contribution in [0.3, 0.4) is 0 Å². The van der Waals surface area contributed by atoms with Crippen molar-refractivity contribution in [2.24, 2.45) is 18.9 Å². The largest absolute Gasteiger partial charge is 0.384 e. The predicted molar refractivity (Wildman–Crippen MR) is 76.7 cm³/mol. The van der Waals surface area contributed by atoms with E-state index in [-0.39, 0.29) is 0 Å². The fourth-order valence-corrected chi connectivity index (χ4v) is 2.88. The van der Waals surface area contributed by atoms with Crippen molar-refractivity contribution < 1.29 is 5.11 Å². The summed E-state index contributed by atoms with van der Waals surface area (Å²) >= 11 is 0. The highest BCUT2D eigenvalue weighted by Crippen LogP contribution is 2.29. The Hall–Kier alpha value is -0.870. The van der Waals surface area contributed by atoms with Crippen LogP contribution in [0.15, 0.2) is 12.4 Å². The third-order valence-corrected chi connectivity index (χ3v) is 4.66. The molecule has 0 saturated heterocycles. The first kappa shape index (κ1) is 14.5. The van der Waals surface area contributed by atoms with E-state index >= 15 is 0 Å². The Bertz CT molecular complexity index is 413. The molecule has 0 bridgehead atoms. The van der Waals surface area contributed by atoms with Crippen molar-refractivity contribution in [3.8, 4) is 0 Å². The van der Waals surface area contributed by atoms with Crippen molar-refractivity contribution in [2.45, 2.75) is 51.7 Å². The molecular formula is C15H27N3O. The first-order valence-corrected chi connectivity index (χ1v) is 7.33. The lowest BCUT2D eigenvalue weighted by Gasteiger charge is -2.34. The molecule has 0 unspecified atom stereocenters. The van der Waals surface area contributed by atoms with E-state index in [4.69, 9.17) is 0 Å². The molecule has 19 heavy (non-hydrogen) atoms. The molecule has 4 atom stereocenters. The lowest BCUT2D eigenvalue weighted by Crippen LogP contribution is -2.43. The van der Waals surface area contributed by atoms with Gasteiger partial charge in [0.25, 0.3) is 0 Å². The number of hydrogen-bond donors (Lipinski definition) is 2. The number of aryl methyl sites for hydroxylation is 1. The fourth-order valence-electron chi connectivity index (χ4n) is 2.88. The van der Waals surface area contributed by atoms with Gasteiger partial charge < -0.3 is 10.4 Å². The van der Waals surface area contributed by atoms with Crippen LogP contribution in [0.5, 0.6) is 0 Å². The SMILES string of the molecule is C[C@@H]1CC[C@H](NC[C@](C)(O)c2cnn(C)c2)C[C@@H]1C. The van der Waals surface area contributed by atoms with Crippen LogP contribution in [0.4, 0.5) is 0 Å². The van der Waals surface area contributed by atoms with Crippen molar-refractivity contribution in [1.29, 1.82) is 0 Å². The molecule has 4 heteroatoms. The van der Waals surface area contributed by atoms with Gasteiger partial charge in [0.1, 0.15) is 5.60 Å². The summed E-state index contributed by atoms with van der Waals surface area (Å²) in [5, 5.41) is 18.2. The fraction of sp³-hybridized carbons (Fsp3) is 0.800. The topological polar surface area (TPSA) is 50.1 Å². The molecule has 1 aliphatic carbocycles. The second kappa shape index (κ2) is 5.63. The highest BCUT2D eigenvalue weighted by molar-refractivity contribution is 5.14. The second-order valence-corrected chi connectivity index (χ2v) is 6.52. The van der Waals surface area contributed by atoms with Crippen LogP contribution >= 0.6 is 0 Å². The smallest absolute Gasteiger partial charge is 0.102 e. The molecule has 2 rings (SSSR count). The first-order chi connectivity index (χ1) is 8.88. The molecule has 108 valence electrons. The number of nitrogens with one attached hydrogen (secondary N) is 1. The summed E-state index contributed by atoms with van der Waals surface area (Å²) in [6.45, 7) is 7.11. The molecule has 0 spiro atoms. The molecular weight excluding hydrogens is 238 g/mol. The van der Waals surface area contributed by atoms with Gasteiger partial charge in [0, 0.05) is 31.4 Å². The maximum Gasteiger partial charge on any atom is 0.102 e. The third kappa shape index (κ3) is 3.57. The van der Waals surface area contributed by atoms with E-state index in [1.165, 1.54) is 19.3 Å². The van der Waals surface area contributed by atoms with Crippen LogP contribution < -0.4 is 5.32 Å². The summed E-state index contributed by atoms with van der Waals surface area (Å²) in [5.41, 5.74) is 0.0281. The Morgan fingerprint density at radius 1 is 1.42 bits per heavy atom. The van der Waals surface area contributed by atoms with Crippen LogP contribution in [0.1, 0.15) is 45.6 Å². The summed E-state index contributed by atoms with van der Waals surface area (Å²) < 4.78 is 1.73. The van der Waals surface area contributed by atoms with Crippen molar-refractivity contribution >= 4 is 0 Å². The third-order valence-electron chi connectivity index (χ3n) is 4.66. The van der Waals surface area contributed by atoms with Crippen molar-refractivity contribution in [3.05, 3.63) is 18.0 Å². The maximum absolute atomic E-state index is 10.5. The number of aliphatic hydroxyl groups is 1. The molecule has 0 amide bonds. The highest BCUT2D eigenvalue weighted by Gasteiger charge is 2.28. The average Bonchev–Trinajstić information content (AvgIpc) is 2.78. The number of nitrogens with zero attached hydrogens (tertiary/aromatic N) is 2. The van der Waals surface area contributed by atoms with Crippen LogP contribution in [-0.4, -0.2) is 27.5 Å². The van der Waals surface area contributed by atoms with Gasteiger partial charge in [-0.3, -0.25) is 4.68 Å². The molecule has 1 aliphatic rings. The molecule has 4 nitrogen and oxygen atoms in total. The molecule has 1 saturated carbocycles. The number of aromatic nitrogens is 2. The van der Waals surface area contributed by atoms with Crippen LogP contribution in [0.2, 0.25) is 0 Å². The van der Waals surface area contributed by atoms with Gasteiger partial charge >= 0.3 is 0 Å². The van der Waals surface area contributed by atoms with E-state index in [0.29, 0.717) is 12.6 Å². The zero-order valence-electron chi connectivity index (χ0n) is 12.6. The second-order valence-electron chi connectivity index (χ2n) is 6.52. The molecule has 1 fully saturated rings. The molecule has 0 aromatic carbocycles. The zero-order chi connectivity index (χ0) is 14.0. The van der Waals surface area contributed by atoms with E-state index in [1.54, 1.807) is 10.9 Å². The van der Waals surface area contributed by atoms with Gasteiger partial charge in [-0.25, -0.2) is 0 Å². The molecule has 0 radical (unpaired) electrons. The molecule has 0 aliphatic heterocycles. The molecule has 2 N–H and O–H groups in total. The monoisotopic (exact) mass is 265 g/mol. The van der Waals surface area contributed by atoms with Crippen molar-refractivity contribution in [1.82, 2.24) is 15.1 Å². The van der Waals surface area contributed by atoms with Crippen LogP contribution in [-0.2, 0) is 12.6 Å². The van der Waals surface area contributed by atoms with Gasteiger partial charge in [-0.2, -0.15) is 5.10 Å². The van der Waals surface area contributed by atoms with Gasteiger partial charge in [-0.1, -0.05) is 13.8 Å². The maximum atomic E-state index is 10.5. The Balaban J connectivity index is 1.88. The Kier molecular flexibility index (Phi) is 4.31. The number of rotatable bonds is 4. The average molecular weight is 265 g/mol. The number of hydrogen-bond acceptors (Lipinski definition) is 3. The zero-order valence-corrected chi connectivity index (χ0v) is 12.6.